The molecule has 1 aliphatic rings. The molecule has 1 fully saturated rings. The molecule has 20 heavy (non-hydrogen) atoms. The van der Waals surface area contributed by atoms with Crippen LogP contribution < -0.4 is 5.73 Å². The van der Waals surface area contributed by atoms with Crippen molar-refractivity contribution in [1.29, 1.82) is 0 Å². The van der Waals surface area contributed by atoms with Gasteiger partial charge >= 0.3 is 0 Å². The highest BCUT2D eigenvalue weighted by Crippen LogP contribution is 2.28. The molecular formula is C14H16BrClN2O2. The Morgan fingerprint density at radius 2 is 2.00 bits per heavy atom. The maximum Gasteiger partial charge on any atom is 0.255 e. The van der Waals surface area contributed by atoms with Crippen LogP contribution >= 0.6 is 27.5 Å². The zero-order chi connectivity index (χ0) is 14.7. The van der Waals surface area contributed by atoms with Crippen LogP contribution in [0.4, 0.5) is 0 Å². The molecule has 1 heterocycles. The Morgan fingerprint density at radius 3 is 2.60 bits per heavy atom. The SMILES string of the molecule is NC(=O)CC1CCN(C(=O)c2cccc(Br)c2Cl)CC1. The third-order valence-corrected chi connectivity index (χ3v) is 4.87. The molecule has 1 aromatic rings. The number of hydrogen-bond acceptors (Lipinski definition) is 2. The molecule has 0 bridgehead atoms. The number of nitrogens with two attached hydrogens (primary N) is 1. The quantitative estimate of drug-likeness (QED) is 0.902. The van der Waals surface area contributed by atoms with Gasteiger partial charge in [0.2, 0.25) is 5.91 Å². The van der Waals surface area contributed by atoms with Crippen LogP contribution in [0.2, 0.25) is 5.02 Å². The number of carbonyl (C=O) groups excluding carboxylic acids is 2. The first-order chi connectivity index (χ1) is 9.49. The van der Waals surface area contributed by atoms with Gasteiger partial charge in [0.25, 0.3) is 5.91 Å². The maximum atomic E-state index is 12.4. The smallest absolute Gasteiger partial charge is 0.255 e. The van der Waals surface area contributed by atoms with E-state index >= 15 is 0 Å². The van der Waals surface area contributed by atoms with Crippen molar-refractivity contribution in [1.82, 2.24) is 4.90 Å². The largest absolute Gasteiger partial charge is 0.370 e. The predicted molar refractivity (Wildman–Crippen MR) is 81.6 cm³/mol. The van der Waals surface area contributed by atoms with Crippen molar-refractivity contribution in [3.05, 3.63) is 33.3 Å². The van der Waals surface area contributed by atoms with Gasteiger partial charge in [0.1, 0.15) is 0 Å². The number of nitrogens with zero attached hydrogens (tertiary/aromatic N) is 1. The lowest BCUT2D eigenvalue weighted by atomic mass is 9.93. The normalized spacial score (nSPS) is 16.2. The van der Waals surface area contributed by atoms with Crippen molar-refractivity contribution in [3.63, 3.8) is 0 Å². The van der Waals surface area contributed by atoms with Gasteiger partial charge in [-0.25, -0.2) is 0 Å². The van der Waals surface area contributed by atoms with E-state index in [0.29, 0.717) is 34.6 Å². The summed E-state index contributed by atoms with van der Waals surface area (Å²) < 4.78 is 0.716. The molecule has 6 heteroatoms. The van der Waals surface area contributed by atoms with Crippen molar-refractivity contribution < 1.29 is 9.59 Å². The van der Waals surface area contributed by atoms with Crippen LogP contribution in [0.5, 0.6) is 0 Å². The molecular weight excluding hydrogens is 344 g/mol. The molecule has 2 rings (SSSR count). The Hall–Kier alpha value is -1.07. The van der Waals surface area contributed by atoms with Crippen LogP contribution in [-0.4, -0.2) is 29.8 Å². The van der Waals surface area contributed by atoms with Gasteiger partial charge in [0.05, 0.1) is 10.6 Å². The van der Waals surface area contributed by atoms with E-state index in [4.69, 9.17) is 17.3 Å². The van der Waals surface area contributed by atoms with Gasteiger partial charge < -0.3 is 10.6 Å². The van der Waals surface area contributed by atoms with Crippen LogP contribution in [-0.2, 0) is 4.79 Å². The van der Waals surface area contributed by atoms with Crippen LogP contribution in [0.3, 0.4) is 0 Å². The summed E-state index contributed by atoms with van der Waals surface area (Å²) in [4.78, 5) is 25.1. The molecule has 1 saturated heterocycles. The Bertz CT molecular complexity index is 528. The number of halogens is 2. The zero-order valence-corrected chi connectivity index (χ0v) is 13.3. The molecule has 0 unspecified atom stereocenters. The van der Waals surface area contributed by atoms with Gasteiger partial charge in [-0.15, -0.1) is 0 Å². The molecule has 108 valence electrons. The highest BCUT2D eigenvalue weighted by molar-refractivity contribution is 9.10. The average Bonchev–Trinajstić information content (AvgIpc) is 2.41. The third-order valence-electron chi connectivity index (χ3n) is 3.57. The number of piperidine rings is 1. The molecule has 0 aromatic heterocycles. The monoisotopic (exact) mass is 358 g/mol. The van der Waals surface area contributed by atoms with Gasteiger partial charge in [-0.3, -0.25) is 9.59 Å². The van der Waals surface area contributed by atoms with Gasteiger partial charge in [-0.2, -0.15) is 0 Å². The fourth-order valence-electron chi connectivity index (χ4n) is 2.46. The number of hydrogen-bond donors (Lipinski definition) is 1. The van der Waals surface area contributed by atoms with Crippen molar-refractivity contribution in [2.75, 3.05) is 13.1 Å². The van der Waals surface area contributed by atoms with E-state index in [2.05, 4.69) is 15.9 Å². The fraction of sp³-hybridized carbons (Fsp3) is 0.429. The minimum absolute atomic E-state index is 0.0613. The lowest BCUT2D eigenvalue weighted by Crippen LogP contribution is -2.39. The van der Waals surface area contributed by atoms with Crippen molar-refractivity contribution >= 4 is 39.3 Å². The predicted octanol–water partition coefficient (Wildman–Crippen LogP) is 2.83. The van der Waals surface area contributed by atoms with E-state index in [9.17, 15) is 9.59 Å². The van der Waals surface area contributed by atoms with E-state index in [1.54, 1.807) is 23.1 Å². The highest BCUT2D eigenvalue weighted by Gasteiger charge is 2.25. The number of benzene rings is 1. The molecule has 4 nitrogen and oxygen atoms in total. The molecule has 0 radical (unpaired) electrons. The van der Waals surface area contributed by atoms with E-state index in [1.807, 2.05) is 0 Å². The lowest BCUT2D eigenvalue weighted by molar-refractivity contribution is -0.119. The average molecular weight is 360 g/mol. The molecule has 0 aliphatic carbocycles. The molecule has 0 atom stereocenters. The second-order valence-corrected chi connectivity index (χ2v) is 6.24. The summed E-state index contributed by atoms with van der Waals surface area (Å²) >= 11 is 9.47. The summed E-state index contributed by atoms with van der Waals surface area (Å²) in [5.74, 6) is -0.0480. The second kappa shape index (κ2) is 6.59. The van der Waals surface area contributed by atoms with Crippen molar-refractivity contribution in [2.45, 2.75) is 19.3 Å². The zero-order valence-electron chi connectivity index (χ0n) is 10.9. The Balaban J connectivity index is 2.02. The third kappa shape index (κ3) is 3.52. The van der Waals surface area contributed by atoms with Crippen LogP contribution in [0.25, 0.3) is 0 Å². The number of rotatable bonds is 3. The topological polar surface area (TPSA) is 63.4 Å². The Morgan fingerprint density at radius 1 is 1.35 bits per heavy atom. The minimum atomic E-state index is -0.273. The van der Waals surface area contributed by atoms with E-state index in [-0.39, 0.29) is 17.7 Å². The highest BCUT2D eigenvalue weighted by atomic mass is 79.9. The number of carbonyl (C=O) groups is 2. The molecule has 2 amide bonds. The van der Waals surface area contributed by atoms with E-state index in [1.165, 1.54) is 0 Å². The Labute approximate surface area is 131 Å². The Kier molecular flexibility index (Phi) is 5.05. The fourth-order valence-corrected chi connectivity index (χ4v) is 3.04. The van der Waals surface area contributed by atoms with Gasteiger partial charge in [0.15, 0.2) is 0 Å². The van der Waals surface area contributed by atoms with Crippen molar-refractivity contribution in [3.8, 4) is 0 Å². The standard InChI is InChI=1S/C14H16BrClN2O2/c15-11-3-1-2-10(13(11)16)14(20)18-6-4-9(5-7-18)8-12(17)19/h1-3,9H,4-8H2,(H2,17,19). The van der Waals surface area contributed by atoms with Crippen LogP contribution in [0, 0.1) is 5.92 Å². The van der Waals surface area contributed by atoms with Crippen LogP contribution in [0.1, 0.15) is 29.6 Å². The van der Waals surface area contributed by atoms with Gasteiger partial charge in [0, 0.05) is 24.0 Å². The first-order valence-electron chi connectivity index (χ1n) is 6.50. The summed E-state index contributed by atoms with van der Waals surface area (Å²) in [7, 11) is 0. The molecule has 1 aliphatic heterocycles. The molecule has 1 aromatic carbocycles. The summed E-state index contributed by atoms with van der Waals surface area (Å²) in [5.41, 5.74) is 5.71. The van der Waals surface area contributed by atoms with Gasteiger partial charge in [-0.05, 0) is 46.8 Å². The van der Waals surface area contributed by atoms with E-state index < -0.39 is 0 Å². The van der Waals surface area contributed by atoms with Crippen molar-refractivity contribution in [2.24, 2.45) is 11.7 Å². The molecule has 0 saturated carbocycles. The summed E-state index contributed by atoms with van der Waals surface area (Å²) in [6.45, 7) is 1.28. The minimum Gasteiger partial charge on any atom is -0.370 e. The maximum absolute atomic E-state index is 12.4. The summed E-state index contributed by atoms with van der Waals surface area (Å²) in [5, 5.41) is 0.441. The van der Waals surface area contributed by atoms with Crippen LogP contribution in [0.15, 0.2) is 22.7 Å². The first kappa shape index (κ1) is 15.3. The summed E-state index contributed by atoms with van der Waals surface area (Å²) in [6.07, 6.45) is 2.01. The lowest BCUT2D eigenvalue weighted by Gasteiger charge is -2.31. The molecule has 0 spiro atoms. The second-order valence-electron chi connectivity index (χ2n) is 5.01. The number of likely N-dealkylation sites (tertiary alicyclic amines) is 1. The molecule has 2 N–H and O–H groups in total. The first-order valence-corrected chi connectivity index (χ1v) is 7.67. The summed E-state index contributed by atoms with van der Waals surface area (Å²) in [6, 6.07) is 5.33. The van der Waals surface area contributed by atoms with E-state index in [0.717, 1.165) is 12.8 Å². The number of amides is 2. The number of primary amides is 1. The van der Waals surface area contributed by atoms with Gasteiger partial charge in [-0.1, -0.05) is 17.7 Å².